The number of carbonyl (C=O) groups excluding carboxylic acids is 1. The van der Waals surface area contributed by atoms with Gasteiger partial charge in [-0.05, 0) is 87.1 Å². The molecule has 0 aliphatic heterocycles. The molecule has 1 aromatic carbocycles. The van der Waals surface area contributed by atoms with Crippen molar-refractivity contribution in [2.24, 2.45) is 11.8 Å². The van der Waals surface area contributed by atoms with Crippen molar-refractivity contribution in [3.8, 4) is 0 Å². The molecule has 1 aliphatic rings. The van der Waals surface area contributed by atoms with Crippen LogP contribution in [0.3, 0.4) is 0 Å². The molecule has 2 aromatic heterocycles. The summed E-state index contributed by atoms with van der Waals surface area (Å²) < 4.78 is 41.2. The molecule has 1 fully saturated rings. The van der Waals surface area contributed by atoms with Crippen molar-refractivity contribution in [2.45, 2.75) is 70.1 Å². The Labute approximate surface area is 208 Å². The molecule has 1 aliphatic carbocycles. The Hall–Kier alpha value is -2.48. The number of hydrogen-bond donors (Lipinski definition) is 1. The number of fused-ring (bicyclic) bond motifs is 1. The maximum absolute atomic E-state index is 13.0. The van der Waals surface area contributed by atoms with Gasteiger partial charge in [0.15, 0.2) is 0 Å². The number of aryl methyl sites for hydroxylation is 1. The summed E-state index contributed by atoms with van der Waals surface area (Å²) in [5, 5.41) is 3.93. The summed E-state index contributed by atoms with van der Waals surface area (Å²) >= 11 is 1.73. The maximum Gasteiger partial charge on any atom is 0.391 e. The van der Waals surface area contributed by atoms with Crippen molar-refractivity contribution in [2.75, 3.05) is 5.75 Å². The highest BCUT2D eigenvalue weighted by Crippen LogP contribution is 2.40. The molecule has 0 bridgehead atoms. The van der Waals surface area contributed by atoms with Gasteiger partial charge in [-0.15, -0.1) is 11.8 Å². The monoisotopic (exact) mass is 503 g/mol. The molecule has 188 valence electrons. The van der Waals surface area contributed by atoms with Crippen LogP contribution in [0.25, 0.3) is 10.9 Å². The van der Waals surface area contributed by atoms with E-state index in [0.29, 0.717) is 24.9 Å². The molecule has 1 amide bonds. The van der Waals surface area contributed by atoms with E-state index in [1.54, 1.807) is 11.8 Å². The van der Waals surface area contributed by atoms with E-state index < -0.39 is 12.1 Å². The molecule has 3 aromatic rings. The fourth-order valence-corrected chi connectivity index (χ4v) is 5.67. The second-order valence-corrected chi connectivity index (χ2v) is 10.6. The number of hydrogen-bond acceptors (Lipinski definition) is 3. The zero-order valence-corrected chi connectivity index (χ0v) is 21.0. The number of nitrogens with zero attached hydrogens (tertiary/aromatic N) is 2. The topological polar surface area (TPSA) is 46.9 Å². The number of benzene rings is 1. The fraction of sp³-hybridized carbons (Fsp3) is 0.481. The highest BCUT2D eigenvalue weighted by molar-refractivity contribution is 7.99. The quantitative estimate of drug-likeness (QED) is 0.336. The van der Waals surface area contributed by atoms with Gasteiger partial charge in [0.05, 0.1) is 18.2 Å². The van der Waals surface area contributed by atoms with Gasteiger partial charge in [0.2, 0.25) is 0 Å². The van der Waals surface area contributed by atoms with Gasteiger partial charge in [-0.3, -0.25) is 9.78 Å². The van der Waals surface area contributed by atoms with Gasteiger partial charge in [-0.2, -0.15) is 13.2 Å². The van der Waals surface area contributed by atoms with Crippen LogP contribution in [0.5, 0.6) is 0 Å². The molecular formula is C27H32F3N3OS. The second kappa shape index (κ2) is 11.1. The zero-order valence-electron chi connectivity index (χ0n) is 20.2. The van der Waals surface area contributed by atoms with Crippen LogP contribution in [0.4, 0.5) is 13.2 Å². The first-order valence-electron chi connectivity index (χ1n) is 12.3. The van der Waals surface area contributed by atoms with E-state index in [0.717, 1.165) is 45.9 Å². The number of nitrogens with one attached hydrogen (secondary N) is 1. The summed E-state index contributed by atoms with van der Waals surface area (Å²) in [6.07, 6.45) is 0.178. The van der Waals surface area contributed by atoms with E-state index in [-0.39, 0.29) is 24.7 Å². The van der Waals surface area contributed by atoms with E-state index >= 15 is 0 Å². The van der Waals surface area contributed by atoms with E-state index in [4.69, 9.17) is 0 Å². The number of halogens is 3. The molecular weight excluding hydrogens is 471 g/mol. The Morgan fingerprint density at radius 1 is 1.11 bits per heavy atom. The predicted molar refractivity (Wildman–Crippen MR) is 135 cm³/mol. The van der Waals surface area contributed by atoms with Crippen LogP contribution < -0.4 is 5.32 Å². The average molecular weight is 504 g/mol. The van der Waals surface area contributed by atoms with Crippen molar-refractivity contribution in [1.82, 2.24) is 14.9 Å². The van der Waals surface area contributed by atoms with E-state index in [1.165, 1.54) is 0 Å². The number of carbonyl (C=O) groups is 1. The number of pyridine rings is 1. The zero-order chi connectivity index (χ0) is 25.0. The lowest BCUT2D eigenvalue weighted by Crippen LogP contribution is -2.28. The molecule has 0 spiro atoms. The smallest absolute Gasteiger partial charge is 0.346 e. The average Bonchev–Trinajstić information content (AvgIpc) is 3.19. The number of rotatable bonds is 8. The van der Waals surface area contributed by atoms with Crippen molar-refractivity contribution in [1.29, 1.82) is 0 Å². The fourth-order valence-electron chi connectivity index (χ4n) is 5.04. The van der Waals surface area contributed by atoms with Crippen molar-refractivity contribution >= 4 is 28.6 Å². The van der Waals surface area contributed by atoms with Crippen LogP contribution >= 0.6 is 11.8 Å². The number of thioether (sulfide) groups is 1. The lowest BCUT2D eigenvalue weighted by Gasteiger charge is -2.30. The molecule has 0 saturated heterocycles. The van der Waals surface area contributed by atoms with Crippen molar-refractivity contribution < 1.29 is 18.0 Å². The standard InChI is InChI=1S/C27H32F3N3OS/c1-3-33-23(13-18-5-8-21(9-6-18)27(28,29)30)15-20-14-19(7-12-25(20)33)26(34)32-16-22-10-11-24(17-31-22)35-4-2/h7,10-12,14-15,17-18,21H,3-6,8-9,13,16H2,1-2H3,(H,32,34). The predicted octanol–water partition coefficient (Wildman–Crippen LogP) is 7.01. The number of aromatic nitrogens is 2. The Morgan fingerprint density at radius 3 is 2.51 bits per heavy atom. The van der Waals surface area contributed by atoms with Crippen LogP contribution in [-0.2, 0) is 19.5 Å². The Balaban J connectivity index is 1.42. The molecule has 4 rings (SSSR count). The molecule has 4 nitrogen and oxygen atoms in total. The largest absolute Gasteiger partial charge is 0.391 e. The summed E-state index contributed by atoms with van der Waals surface area (Å²) in [5.41, 5.74) is 3.57. The summed E-state index contributed by atoms with van der Waals surface area (Å²) in [6.45, 7) is 5.30. The molecule has 35 heavy (non-hydrogen) atoms. The van der Waals surface area contributed by atoms with Gasteiger partial charge in [-0.1, -0.05) is 6.92 Å². The maximum atomic E-state index is 13.0. The summed E-state index contributed by atoms with van der Waals surface area (Å²) in [6, 6.07) is 11.7. The Bertz CT molecular complexity index is 1150. The highest BCUT2D eigenvalue weighted by atomic mass is 32.2. The first-order chi connectivity index (χ1) is 16.8. The second-order valence-electron chi connectivity index (χ2n) is 9.22. The van der Waals surface area contributed by atoms with Gasteiger partial charge in [-0.25, -0.2) is 0 Å². The van der Waals surface area contributed by atoms with Crippen LogP contribution in [0.2, 0.25) is 0 Å². The first-order valence-corrected chi connectivity index (χ1v) is 13.3. The van der Waals surface area contributed by atoms with Gasteiger partial charge >= 0.3 is 6.18 Å². The molecule has 0 unspecified atom stereocenters. The summed E-state index contributed by atoms with van der Waals surface area (Å²) in [4.78, 5) is 18.3. The van der Waals surface area contributed by atoms with Crippen LogP contribution in [-0.4, -0.2) is 27.4 Å². The van der Waals surface area contributed by atoms with Gasteiger partial charge in [0.1, 0.15) is 0 Å². The van der Waals surface area contributed by atoms with E-state index in [2.05, 4.69) is 34.8 Å². The summed E-state index contributed by atoms with van der Waals surface area (Å²) in [7, 11) is 0. The van der Waals surface area contributed by atoms with Crippen molar-refractivity contribution in [3.63, 3.8) is 0 Å². The molecule has 8 heteroatoms. The SMILES string of the molecule is CCSc1ccc(CNC(=O)c2ccc3c(c2)cc(CC2CCC(C(F)(F)F)CC2)n3CC)nc1. The minimum Gasteiger partial charge on any atom is -0.346 e. The normalized spacial score (nSPS) is 18.7. The lowest BCUT2D eigenvalue weighted by molar-refractivity contribution is -0.183. The third-order valence-electron chi connectivity index (χ3n) is 6.91. The third kappa shape index (κ3) is 6.21. The first kappa shape index (κ1) is 25.6. The van der Waals surface area contributed by atoms with Crippen LogP contribution in [0, 0.1) is 11.8 Å². The third-order valence-corrected chi connectivity index (χ3v) is 7.78. The van der Waals surface area contributed by atoms with Crippen molar-refractivity contribution in [3.05, 3.63) is 59.5 Å². The highest BCUT2D eigenvalue weighted by Gasteiger charge is 2.41. The number of alkyl halides is 3. The minimum absolute atomic E-state index is 0.156. The Kier molecular flexibility index (Phi) is 8.09. The molecule has 1 saturated carbocycles. The number of amides is 1. The molecule has 1 N–H and O–H groups in total. The van der Waals surface area contributed by atoms with Gasteiger partial charge in [0, 0.05) is 39.8 Å². The lowest BCUT2D eigenvalue weighted by atomic mass is 9.79. The van der Waals surface area contributed by atoms with Crippen LogP contribution in [0.1, 0.15) is 61.3 Å². The molecule has 2 heterocycles. The van der Waals surface area contributed by atoms with E-state index in [1.807, 2.05) is 36.5 Å². The van der Waals surface area contributed by atoms with Gasteiger partial charge < -0.3 is 9.88 Å². The van der Waals surface area contributed by atoms with E-state index in [9.17, 15) is 18.0 Å². The van der Waals surface area contributed by atoms with Gasteiger partial charge in [0.25, 0.3) is 5.91 Å². The minimum atomic E-state index is -4.08. The molecule has 0 radical (unpaired) electrons. The van der Waals surface area contributed by atoms with Crippen LogP contribution in [0.15, 0.2) is 47.5 Å². The summed E-state index contributed by atoms with van der Waals surface area (Å²) in [5.74, 6) is -0.0567. The molecule has 0 atom stereocenters. The Morgan fingerprint density at radius 2 is 1.89 bits per heavy atom.